The molecule has 3 N–H and O–H groups in total. The Morgan fingerprint density at radius 3 is 2.33 bits per heavy atom. The van der Waals surface area contributed by atoms with Crippen molar-refractivity contribution in [3.8, 4) is 0 Å². The second-order valence-corrected chi connectivity index (χ2v) is 5.33. The fraction of sp³-hybridized carbons (Fsp3) is 0.846. The number of carbonyl (C=O) groups excluding carboxylic acids is 1. The Balaban J connectivity index is 1.73. The molecule has 0 aromatic heterocycles. The van der Waals surface area contributed by atoms with Crippen molar-refractivity contribution in [3.05, 3.63) is 0 Å². The second kappa shape index (κ2) is 7.58. The van der Waals surface area contributed by atoms with Crippen LogP contribution in [0.5, 0.6) is 0 Å². The molecule has 2 amide bonds. The molecule has 2 saturated heterocycles. The molecule has 0 bridgehead atoms. The van der Waals surface area contributed by atoms with Gasteiger partial charge in [-0.1, -0.05) is 0 Å². The maximum absolute atomic E-state index is 11.9. The minimum Gasteiger partial charge on any atom is -0.480 e. The number of rotatable bonds is 5. The molecule has 2 fully saturated rings. The molecular formula is C13H23N3O5. The number of aliphatic carboxylic acids is 1. The Morgan fingerprint density at radius 2 is 1.71 bits per heavy atom. The van der Waals surface area contributed by atoms with Crippen molar-refractivity contribution in [2.45, 2.75) is 18.4 Å². The average molecular weight is 301 g/mol. The van der Waals surface area contributed by atoms with Crippen molar-refractivity contribution in [3.63, 3.8) is 0 Å². The van der Waals surface area contributed by atoms with Crippen molar-refractivity contribution in [1.29, 1.82) is 0 Å². The summed E-state index contributed by atoms with van der Waals surface area (Å²) >= 11 is 0. The number of nitrogens with one attached hydrogen (secondary N) is 2. The van der Waals surface area contributed by atoms with Gasteiger partial charge in [-0.2, -0.15) is 0 Å². The van der Waals surface area contributed by atoms with E-state index in [2.05, 4.69) is 15.5 Å². The molecule has 0 aromatic carbocycles. The van der Waals surface area contributed by atoms with E-state index in [1.54, 1.807) is 0 Å². The fourth-order valence-electron chi connectivity index (χ4n) is 2.53. The minimum atomic E-state index is -1.21. The van der Waals surface area contributed by atoms with E-state index >= 15 is 0 Å². The van der Waals surface area contributed by atoms with Gasteiger partial charge in [-0.3, -0.25) is 4.90 Å². The second-order valence-electron chi connectivity index (χ2n) is 5.33. The zero-order valence-corrected chi connectivity index (χ0v) is 12.1. The van der Waals surface area contributed by atoms with Gasteiger partial charge in [0.05, 0.1) is 13.2 Å². The highest BCUT2D eigenvalue weighted by Crippen LogP contribution is 2.20. The van der Waals surface area contributed by atoms with Crippen LogP contribution in [0.15, 0.2) is 0 Å². The highest BCUT2D eigenvalue weighted by molar-refractivity contribution is 5.86. The zero-order chi connectivity index (χ0) is 15.1. The zero-order valence-electron chi connectivity index (χ0n) is 12.1. The number of ether oxygens (including phenoxy) is 2. The molecule has 2 aliphatic heterocycles. The van der Waals surface area contributed by atoms with Gasteiger partial charge in [-0.25, -0.2) is 9.59 Å². The van der Waals surface area contributed by atoms with Gasteiger partial charge >= 0.3 is 12.0 Å². The Labute approximate surface area is 123 Å². The first kappa shape index (κ1) is 16.0. The van der Waals surface area contributed by atoms with E-state index in [1.807, 2.05) is 0 Å². The molecule has 21 heavy (non-hydrogen) atoms. The molecule has 0 unspecified atom stereocenters. The molecule has 0 saturated carbocycles. The molecule has 0 radical (unpaired) electrons. The van der Waals surface area contributed by atoms with E-state index in [-0.39, 0.29) is 0 Å². The first-order valence-electron chi connectivity index (χ1n) is 7.30. The number of amides is 2. The molecule has 2 rings (SSSR count). The molecule has 0 atom stereocenters. The maximum Gasteiger partial charge on any atom is 0.329 e. The predicted molar refractivity (Wildman–Crippen MR) is 74.2 cm³/mol. The van der Waals surface area contributed by atoms with Crippen molar-refractivity contribution >= 4 is 12.0 Å². The van der Waals surface area contributed by atoms with Crippen LogP contribution in [0.2, 0.25) is 0 Å². The third kappa shape index (κ3) is 4.55. The van der Waals surface area contributed by atoms with Gasteiger partial charge < -0.3 is 25.2 Å². The summed E-state index contributed by atoms with van der Waals surface area (Å²) in [6, 6.07) is -0.437. The van der Waals surface area contributed by atoms with Crippen LogP contribution >= 0.6 is 0 Å². The summed E-state index contributed by atoms with van der Waals surface area (Å²) in [6.45, 7) is 5.07. The van der Waals surface area contributed by atoms with Gasteiger partial charge in [0, 0.05) is 52.2 Å². The lowest BCUT2D eigenvalue weighted by molar-refractivity contribution is -0.148. The van der Waals surface area contributed by atoms with E-state index in [0.29, 0.717) is 45.8 Å². The summed E-state index contributed by atoms with van der Waals surface area (Å²) in [4.78, 5) is 25.5. The number of hydrogen-bond acceptors (Lipinski definition) is 5. The quantitative estimate of drug-likeness (QED) is 0.618. The summed E-state index contributed by atoms with van der Waals surface area (Å²) in [5.74, 6) is -1.01. The molecule has 0 aromatic rings. The van der Waals surface area contributed by atoms with Gasteiger partial charge in [-0.05, 0) is 0 Å². The lowest BCUT2D eigenvalue weighted by atomic mass is 9.90. The molecule has 120 valence electrons. The van der Waals surface area contributed by atoms with Crippen molar-refractivity contribution in [2.75, 3.05) is 52.6 Å². The van der Waals surface area contributed by atoms with E-state index in [9.17, 15) is 14.7 Å². The topological polar surface area (TPSA) is 100 Å². The molecule has 2 heterocycles. The lowest BCUT2D eigenvalue weighted by Crippen LogP contribution is -2.60. The Hall–Kier alpha value is -1.38. The Bertz CT molecular complexity index is 365. The van der Waals surface area contributed by atoms with Crippen LogP contribution in [0.1, 0.15) is 12.8 Å². The van der Waals surface area contributed by atoms with Crippen LogP contribution in [-0.4, -0.2) is 80.2 Å². The van der Waals surface area contributed by atoms with Crippen molar-refractivity contribution in [2.24, 2.45) is 0 Å². The number of carboxylic acid groups (broad SMARTS) is 1. The molecular weight excluding hydrogens is 278 g/mol. The van der Waals surface area contributed by atoms with Gasteiger partial charge in [0.25, 0.3) is 0 Å². The fourth-order valence-corrected chi connectivity index (χ4v) is 2.53. The monoisotopic (exact) mass is 301 g/mol. The average Bonchev–Trinajstić information content (AvgIpc) is 2.49. The number of morpholine rings is 1. The summed E-state index contributed by atoms with van der Waals surface area (Å²) in [6.07, 6.45) is 0.582. The van der Waals surface area contributed by atoms with Gasteiger partial charge in [0.1, 0.15) is 5.54 Å². The maximum atomic E-state index is 11.9. The van der Waals surface area contributed by atoms with Crippen molar-refractivity contribution < 1.29 is 24.2 Å². The number of hydrogen-bond donors (Lipinski definition) is 3. The normalized spacial score (nSPS) is 22.5. The first-order chi connectivity index (χ1) is 10.1. The SMILES string of the molecule is O=C(NCCN1CCOCC1)NC1(C(=O)O)CCOCC1. The van der Waals surface area contributed by atoms with E-state index in [0.717, 1.165) is 19.6 Å². The molecule has 2 aliphatic rings. The summed E-state index contributed by atoms with van der Waals surface area (Å²) in [7, 11) is 0. The predicted octanol–water partition coefficient (Wildman–Crippen LogP) is -0.748. The smallest absolute Gasteiger partial charge is 0.329 e. The first-order valence-corrected chi connectivity index (χ1v) is 7.30. The van der Waals surface area contributed by atoms with Gasteiger partial charge in [0.15, 0.2) is 0 Å². The van der Waals surface area contributed by atoms with Crippen LogP contribution in [-0.2, 0) is 14.3 Å². The number of carbonyl (C=O) groups is 2. The van der Waals surface area contributed by atoms with Crippen LogP contribution in [0.3, 0.4) is 0 Å². The third-order valence-corrected chi connectivity index (χ3v) is 3.93. The third-order valence-electron chi connectivity index (χ3n) is 3.93. The van der Waals surface area contributed by atoms with Crippen LogP contribution in [0.25, 0.3) is 0 Å². The summed E-state index contributed by atoms with van der Waals surface area (Å²) < 4.78 is 10.4. The lowest BCUT2D eigenvalue weighted by Gasteiger charge is -2.34. The van der Waals surface area contributed by atoms with Crippen LogP contribution in [0.4, 0.5) is 4.79 Å². The Morgan fingerprint density at radius 1 is 1.10 bits per heavy atom. The highest BCUT2D eigenvalue weighted by Gasteiger charge is 2.41. The number of carboxylic acids is 1. The molecule has 0 aliphatic carbocycles. The standard InChI is InChI=1S/C13H23N3O5/c17-11(18)13(1-7-20-8-2-13)15-12(19)14-3-4-16-5-9-21-10-6-16/h1-10H2,(H,17,18)(H2,14,15,19). The Kier molecular flexibility index (Phi) is 5.77. The highest BCUT2D eigenvalue weighted by atomic mass is 16.5. The minimum absolute atomic E-state index is 0.291. The summed E-state index contributed by atoms with van der Waals surface area (Å²) in [5, 5.41) is 14.7. The molecule has 8 nitrogen and oxygen atoms in total. The van der Waals surface area contributed by atoms with Crippen LogP contribution < -0.4 is 10.6 Å². The van der Waals surface area contributed by atoms with E-state index in [4.69, 9.17) is 9.47 Å². The summed E-state index contributed by atoms with van der Waals surface area (Å²) in [5.41, 5.74) is -1.21. The van der Waals surface area contributed by atoms with E-state index in [1.165, 1.54) is 0 Å². The van der Waals surface area contributed by atoms with Gasteiger partial charge in [-0.15, -0.1) is 0 Å². The van der Waals surface area contributed by atoms with Gasteiger partial charge in [0.2, 0.25) is 0 Å². The van der Waals surface area contributed by atoms with Crippen LogP contribution in [0, 0.1) is 0 Å². The number of nitrogens with zero attached hydrogens (tertiary/aromatic N) is 1. The molecule has 0 spiro atoms. The van der Waals surface area contributed by atoms with Crippen molar-refractivity contribution in [1.82, 2.24) is 15.5 Å². The largest absolute Gasteiger partial charge is 0.480 e. The number of urea groups is 1. The molecule has 8 heteroatoms. The van der Waals surface area contributed by atoms with E-state index < -0.39 is 17.5 Å².